The standard InChI is InChI=1S/C50H46N2/c1-49(2)33-34-50(3,4)48-36-46(31-32-47(48)49)52(42-20-12-7-13-21-42)44-29-25-39(26-30-44)38-23-27-43(28-24-38)51(41-18-10-6-11-19-41)45-22-14-17-40(35-45)37-15-8-5-9-16-37/h5-32,35-36H,33-34H2,1-4H3. The van der Waals surface area contributed by atoms with E-state index in [9.17, 15) is 0 Å². The van der Waals surface area contributed by atoms with Crippen molar-refractivity contribution in [3.05, 3.63) is 193 Å². The summed E-state index contributed by atoms with van der Waals surface area (Å²) in [5.74, 6) is 0. The fraction of sp³-hybridized carbons (Fsp3) is 0.160. The van der Waals surface area contributed by atoms with E-state index in [0.29, 0.717) is 0 Å². The summed E-state index contributed by atoms with van der Waals surface area (Å²) >= 11 is 0. The van der Waals surface area contributed by atoms with Gasteiger partial charge in [0.15, 0.2) is 0 Å². The first-order chi connectivity index (χ1) is 25.3. The Kier molecular flexibility index (Phi) is 8.77. The first kappa shape index (κ1) is 33.3. The molecular formula is C50H46N2. The van der Waals surface area contributed by atoms with E-state index in [-0.39, 0.29) is 10.8 Å². The molecule has 2 heteroatoms. The molecule has 7 aromatic rings. The van der Waals surface area contributed by atoms with Gasteiger partial charge < -0.3 is 9.80 Å². The van der Waals surface area contributed by atoms with Crippen molar-refractivity contribution in [1.29, 1.82) is 0 Å². The molecular weight excluding hydrogens is 629 g/mol. The van der Waals surface area contributed by atoms with Crippen LogP contribution in [-0.2, 0) is 10.8 Å². The van der Waals surface area contributed by atoms with Crippen molar-refractivity contribution < 1.29 is 0 Å². The highest BCUT2D eigenvalue weighted by Crippen LogP contribution is 2.48. The number of rotatable bonds is 8. The molecule has 0 radical (unpaired) electrons. The van der Waals surface area contributed by atoms with Gasteiger partial charge in [0, 0.05) is 34.1 Å². The summed E-state index contributed by atoms with van der Waals surface area (Å²) in [6.07, 6.45) is 2.40. The van der Waals surface area contributed by atoms with Crippen LogP contribution < -0.4 is 9.80 Å². The largest absolute Gasteiger partial charge is 0.310 e. The van der Waals surface area contributed by atoms with E-state index in [0.717, 1.165) is 28.4 Å². The molecule has 2 nitrogen and oxygen atoms in total. The van der Waals surface area contributed by atoms with Gasteiger partial charge in [-0.2, -0.15) is 0 Å². The molecule has 0 unspecified atom stereocenters. The first-order valence-electron chi connectivity index (χ1n) is 18.5. The van der Waals surface area contributed by atoms with Crippen LogP contribution in [0.1, 0.15) is 51.7 Å². The monoisotopic (exact) mass is 674 g/mol. The molecule has 0 saturated heterocycles. The maximum atomic E-state index is 2.45. The average molecular weight is 675 g/mol. The van der Waals surface area contributed by atoms with Gasteiger partial charge in [0.1, 0.15) is 0 Å². The Morgan fingerprint density at radius 3 is 1.19 bits per heavy atom. The van der Waals surface area contributed by atoms with Gasteiger partial charge in [-0.05, 0) is 130 Å². The van der Waals surface area contributed by atoms with Gasteiger partial charge in [-0.3, -0.25) is 0 Å². The summed E-state index contributed by atoms with van der Waals surface area (Å²) < 4.78 is 0. The molecule has 0 atom stereocenters. The molecule has 0 spiro atoms. The third-order valence-corrected chi connectivity index (χ3v) is 10.9. The normalized spacial score (nSPS) is 14.3. The lowest BCUT2D eigenvalue weighted by Crippen LogP contribution is -2.34. The third kappa shape index (κ3) is 6.53. The second-order valence-corrected chi connectivity index (χ2v) is 15.3. The topological polar surface area (TPSA) is 6.48 Å². The van der Waals surface area contributed by atoms with E-state index >= 15 is 0 Å². The zero-order chi connectivity index (χ0) is 35.7. The lowest BCUT2D eigenvalue weighted by atomic mass is 9.63. The zero-order valence-electron chi connectivity index (χ0n) is 30.6. The minimum absolute atomic E-state index is 0.139. The molecule has 0 amide bonds. The van der Waals surface area contributed by atoms with E-state index < -0.39 is 0 Å². The summed E-state index contributed by atoms with van der Waals surface area (Å²) in [6, 6.07) is 65.9. The molecule has 7 aromatic carbocycles. The van der Waals surface area contributed by atoms with Gasteiger partial charge in [-0.25, -0.2) is 0 Å². The number of para-hydroxylation sites is 2. The van der Waals surface area contributed by atoms with Crippen LogP contribution in [0.4, 0.5) is 34.1 Å². The van der Waals surface area contributed by atoms with Crippen LogP contribution in [0.3, 0.4) is 0 Å². The van der Waals surface area contributed by atoms with E-state index in [1.54, 1.807) is 0 Å². The highest BCUT2D eigenvalue weighted by atomic mass is 15.1. The molecule has 8 rings (SSSR count). The van der Waals surface area contributed by atoms with Gasteiger partial charge >= 0.3 is 0 Å². The van der Waals surface area contributed by atoms with E-state index in [4.69, 9.17) is 0 Å². The summed E-state index contributed by atoms with van der Waals surface area (Å²) in [4.78, 5) is 4.73. The van der Waals surface area contributed by atoms with Gasteiger partial charge in [-0.15, -0.1) is 0 Å². The van der Waals surface area contributed by atoms with Crippen LogP contribution >= 0.6 is 0 Å². The zero-order valence-corrected chi connectivity index (χ0v) is 30.6. The molecule has 1 aliphatic carbocycles. The van der Waals surface area contributed by atoms with Crippen molar-refractivity contribution in [2.45, 2.75) is 51.4 Å². The highest BCUT2D eigenvalue weighted by Gasteiger charge is 2.37. The number of hydrogen-bond acceptors (Lipinski definition) is 2. The van der Waals surface area contributed by atoms with Gasteiger partial charge in [-0.1, -0.05) is 137 Å². The molecule has 0 heterocycles. The number of nitrogens with zero attached hydrogens (tertiary/aromatic N) is 2. The quantitative estimate of drug-likeness (QED) is 0.158. The summed E-state index contributed by atoms with van der Waals surface area (Å²) in [5.41, 5.74) is 14.9. The van der Waals surface area contributed by atoms with Crippen molar-refractivity contribution >= 4 is 34.1 Å². The second-order valence-electron chi connectivity index (χ2n) is 15.3. The summed E-state index contributed by atoms with van der Waals surface area (Å²) in [6.45, 7) is 9.59. The lowest BCUT2D eigenvalue weighted by Gasteiger charge is -2.42. The smallest absolute Gasteiger partial charge is 0.0467 e. The van der Waals surface area contributed by atoms with Gasteiger partial charge in [0.2, 0.25) is 0 Å². The molecule has 0 fully saturated rings. The maximum Gasteiger partial charge on any atom is 0.0467 e. The van der Waals surface area contributed by atoms with Crippen LogP contribution in [0.2, 0.25) is 0 Å². The van der Waals surface area contributed by atoms with Crippen molar-refractivity contribution in [3.8, 4) is 22.3 Å². The predicted molar refractivity (Wildman–Crippen MR) is 222 cm³/mol. The van der Waals surface area contributed by atoms with E-state index in [1.165, 1.54) is 51.9 Å². The number of fused-ring (bicyclic) bond motifs is 1. The SMILES string of the molecule is CC1(C)CCC(C)(C)c2cc(N(c3ccccc3)c3ccc(-c4ccc(N(c5ccccc5)c5cccc(-c6ccccc6)c5)cc4)cc3)ccc21. The predicted octanol–water partition coefficient (Wildman–Crippen LogP) is 14.3. The Labute approximate surface area is 309 Å². The van der Waals surface area contributed by atoms with Crippen molar-refractivity contribution in [3.63, 3.8) is 0 Å². The Bertz CT molecular complexity index is 2270. The van der Waals surface area contributed by atoms with Crippen LogP contribution in [0.15, 0.2) is 182 Å². The Morgan fingerprint density at radius 2 is 0.673 bits per heavy atom. The minimum Gasteiger partial charge on any atom is -0.310 e. The summed E-state index contributed by atoms with van der Waals surface area (Å²) in [7, 11) is 0. The number of benzene rings is 7. The molecule has 52 heavy (non-hydrogen) atoms. The van der Waals surface area contributed by atoms with Gasteiger partial charge in [0.05, 0.1) is 0 Å². The average Bonchev–Trinajstić information content (AvgIpc) is 3.19. The van der Waals surface area contributed by atoms with E-state index in [2.05, 4.69) is 219 Å². The fourth-order valence-electron chi connectivity index (χ4n) is 7.83. The van der Waals surface area contributed by atoms with Crippen molar-refractivity contribution in [2.24, 2.45) is 0 Å². The summed E-state index contributed by atoms with van der Waals surface area (Å²) in [5, 5.41) is 0. The van der Waals surface area contributed by atoms with Crippen LogP contribution in [0, 0.1) is 0 Å². The van der Waals surface area contributed by atoms with Gasteiger partial charge in [0.25, 0.3) is 0 Å². The van der Waals surface area contributed by atoms with Crippen LogP contribution in [0.25, 0.3) is 22.3 Å². The second kappa shape index (κ2) is 13.7. The van der Waals surface area contributed by atoms with Crippen molar-refractivity contribution in [1.82, 2.24) is 0 Å². The molecule has 0 aromatic heterocycles. The maximum absolute atomic E-state index is 2.45. The Balaban J connectivity index is 1.12. The minimum atomic E-state index is 0.139. The Morgan fingerprint density at radius 1 is 0.308 bits per heavy atom. The van der Waals surface area contributed by atoms with Crippen LogP contribution in [-0.4, -0.2) is 0 Å². The molecule has 0 aliphatic heterocycles. The molecule has 0 N–H and O–H groups in total. The fourth-order valence-corrected chi connectivity index (χ4v) is 7.83. The molecule has 0 saturated carbocycles. The Hall–Kier alpha value is -5.86. The van der Waals surface area contributed by atoms with Crippen molar-refractivity contribution in [2.75, 3.05) is 9.80 Å². The molecule has 256 valence electrons. The molecule has 0 bridgehead atoms. The third-order valence-electron chi connectivity index (χ3n) is 10.9. The first-order valence-corrected chi connectivity index (χ1v) is 18.5. The lowest BCUT2D eigenvalue weighted by molar-refractivity contribution is 0.332. The molecule has 1 aliphatic rings. The van der Waals surface area contributed by atoms with Crippen LogP contribution in [0.5, 0.6) is 0 Å². The highest BCUT2D eigenvalue weighted by molar-refractivity contribution is 5.82. The number of hydrogen-bond donors (Lipinski definition) is 0. The van der Waals surface area contributed by atoms with E-state index in [1.807, 2.05) is 0 Å². The number of anilines is 6.